The summed E-state index contributed by atoms with van der Waals surface area (Å²) in [7, 11) is 0. The first-order valence-corrected chi connectivity index (χ1v) is 7.61. The summed E-state index contributed by atoms with van der Waals surface area (Å²) in [5.74, 6) is 0.964. The molecule has 1 rings (SSSR count). The first-order valence-electron chi connectivity index (χ1n) is 7.61. The molecule has 3 nitrogen and oxygen atoms in total. The first kappa shape index (κ1) is 17.0. The van der Waals surface area contributed by atoms with Gasteiger partial charge >= 0.3 is 0 Å². The standard InChI is InChI=1S/C17H30N2O/c1-6-10-20-16-9-7-8-15(11-16)13-18-14(2)12-19-17(3,4)5/h7-9,11,14,18-19H,6,10,12-13H2,1-5H3. The predicted octanol–water partition coefficient (Wildman–Crippen LogP) is 3.34. The van der Waals surface area contributed by atoms with Gasteiger partial charge in [-0.2, -0.15) is 0 Å². The van der Waals surface area contributed by atoms with Crippen LogP contribution in [0.1, 0.15) is 46.6 Å². The molecule has 2 N–H and O–H groups in total. The quantitative estimate of drug-likeness (QED) is 0.765. The van der Waals surface area contributed by atoms with Gasteiger partial charge in [-0.15, -0.1) is 0 Å². The van der Waals surface area contributed by atoms with Gasteiger partial charge < -0.3 is 15.4 Å². The van der Waals surface area contributed by atoms with Crippen LogP contribution in [0.5, 0.6) is 5.75 Å². The van der Waals surface area contributed by atoms with E-state index in [1.54, 1.807) is 0 Å². The largest absolute Gasteiger partial charge is 0.494 e. The van der Waals surface area contributed by atoms with Gasteiger partial charge in [-0.1, -0.05) is 19.1 Å². The normalized spacial score (nSPS) is 13.2. The summed E-state index contributed by atoms with van der Waals surface area (Å²) in [5.41, 5.74) is 1.44. The first-order chi connectivity index (χ1) is 9.40. The van der Waals surface area contributed by atoms with Gasteiger partial charge in [0.05, 0.1) is 6.61 Å². The van der Waals surface area contributed by atoms with E-state index < -0.39 is 0 Å². The highest BCUT2D eigenvalue weighted by molar-refractivity contribution is 5.28. The van der Waals surface area contributed by atoms with E-state index in [2.05, 4.69) is 63.5 Å². The molecule has 0 fully saturated rings. The summed E-state index contributed by atoms with van der Waals surface area (Å²) >= 11 is 0. The molecule has 1 unspecified atom stereocenters. The van der Waals surface area contributed by atoms with Gasteiger partial charge in [0.2, 0.25) is 0 Å². The van der Waals surface area contributed by atoms with E-state index in [1.807, 2.05) is 6.07 Å². The van der Waals surface area contributed by atoms with E-state index >= 15 is 0 Å². The second-order valence-electron chi connectivity index (χ2n) is 6.41. The molecule has 0 spiro atoms. The summed E-state index contributed by atoms with van der Waals surface area (Å²) in [6.45, 7) is 13.5. The maximum absolute atomic E-state index is 5.65. The van der Waals surface area contributed by atoms with Crippen molar-refractivity contribution in [3.63, 3.8) is 0 Å². The average molecular weight is 278 g/mol. The van der Waals surface area contributed by atoms with Gasteiger partial charge in [-0.3, -0.25) is 0 Å². The summed E-state index contributed by atoms with van der Waals surface area (Å²) in [5, 5.41) is 7.05. The second kappa shape index (κ2) is 8.28. The van der Waals surface area contributed by atoms with Crippen molar-refractivity contribution in [2.75, 3.05) is 13.2 Å². The molecule has 1 atom stereocenters. The number of hydrogen-bond donors (Lipinski definition) is 2. The van der Waals surface area contributed by atoms with Crippen LogP contribution in [0, 0.1) is 0 Å². The molecule has 20 heavy (non-hydrogen) atoms. The Morgan fingerprint density at radius 2 is 2.00 bits per heavy atom. The van der Waals surface area contributed by atoms with Crippen molar-refractivity contribution in [1.82, 2.24) is 10.6 Å². The lowest BCUT2D eigenvalue weighted by Gasteiger charge is -2.24. The molecule has 114 valence electrons. The lowest BCUT2D eigenvalue weighted by Crippen LogP contribution is -2.44. The number of hydrogen-bond acceptors (Lipinski definition) is 3. The molecular formula is C17H30N2O. The van der Waals surface area contributed by atoms with E-state index in [9.17, 15) is 0 Å². The summed E-state index contributed by atoms with van der Waals surface area (Å²) in [6, 6.07) is 8.76. The zero-order chi connectivity index (χ0) is 15.0. The van der Waals surface area contributed by atoms with Crippen molar-refractivity contribution < 1.29 is 4.74 Å². The van der Waals surface area contributed by atoms with Gasteiger partial charge in [0.15, 0.2) is 0 Å². The molecule has 1 aromatic rings. The highest BCUT2D eigenvalue weighted by Crippen LogP contribution is 2.13. The fourth-order valence-electron chi connectivity index (χ4n) is 1.79. The third kappa shape index (κ3) is 7.51. The molecule has 1 aromatic carbocycles. The van der Waals surface area contributed by atoms with Crippen molar-refractivity contribution >= 4 is 0 Å². The Balaban J connectivity index is 2.37. The Morgan fingerprint density at radius 3 is 2.65 bits per heavy atom. The minimum absolute atomic E-state index is 0.170. The maximum atomic E-state index is 5.65. The summed E-state index contributed by atoms with van der Waals surface area (Å²) in [6.07, 6.45) is 1.04. The van der Waals surface area contributed by atoms with Gasteiger partial charge in [0.25, 0.3) is 0 Å². The smallest absolute Gasteiger partial charge is 0.119 e. The molecule has 0 radical (unpaired) electrons. The Hall–Kier alpha value is -1.06. The van der Waals surface area contributed by atoms with Crippen LogP contribution in [-0.2, 0) is 6.54 Å². The Labute approximate surface area is 124 Å². The molecule has 0 bridgehead atoms. The molecule has 0 saturated heterocycles. The van der Waals surface area contributed by atoms with Crippen molar-refractivity contribution in [2.24, 2.45) is 0 Å². The molecule has 0 aromatic heterocycles. The number of benzene rings is 1. The average Bonchev–Trinajstić information content (AvgIpc) is 2.40. The van der Waals surface area contributed by atoms with Gasteiger partial charge in [-0.25, -0.2) is 0 Å². The number of ether oxygens (including phenoxy) is 1. The highest BCUT2D eigenvalue weighted by atomic mass is 16.5. The maximum Gasteiger partial charge on any atom is 0.119 e. The molecule has 0 saturated carbocycles. The SMILES string of the molecule is CCCOc1cccc(CNC(C)CNC(C)(C)C)c1. The molecule has 0 aliphatic rings. The lowest BCUT2D eigenvalue weighted by molar-refractivity contribution is 0.317. The molecular weight excluding hydrogens is 248 g/mol. The van der Waals surface area contributed by atoms with E-state index in [0.29, 0.717) is 6.04 Å². The van der Waals surface area contributed by atoms with Crippen LogP contribution < -0.4 is 15.4 Å². The number of nitrogens with one attached hydrogen (secondary N) is 2. The Morgan fingerprint density at radius 1 is 1.25 bits per heavy atom. The van der Waals surface area contributed by atoms with Crippen molar-refractivity contribution in [2.45, 2.75) is 59.2 Å². The van der Waals surface area contributed by atoms with Gasteiger partial charge in [-0.05, 0) is 51.8 Å². The third-order valence-corrected chi connectivity index (χ3v) is 2.96. The predicted molar refractivity (Wildman–Crippen MR) is 86.3 cm³/mol. The second-order valence-corrected chi connectivity index (χ2v) is 6.41. The van der Waals surface area contributed by atoms with Crippen LogP contribution in [0.25, 0.3) is 0 Å². The van der Waals surface area contributed by atoms with Crippen LogP contribution in [-0.4, -0.2) is 24.7 Å². The van der Waals surface area contributed by atoms with Crippen LogP contribution in [0.4, 0.5) is 0 Å². The minimum atomic E-state index is 0.170. The number of rotatable bonds is 8. The van der Waals surface area contributed by atoms with Crippen LogP contribution in [0.3, 0.4) is 0 Å². The Kier molecular flexibility index (Phi) is 7.03. The van der Waals surface area contributed by atoms with Crippen LogP contribution in [0.2, 0.25) is 0 Å². The fraction of sp³-hybridized carbons (Fsp3) is 0.647. The Bertz CT molecular complexity index is 385. The van der Waals surface area contributed by atoms with E-state index in [-0.39, 0.29) is 5.54 Å². The molecule has 0 amide bonds. The van der Waals surface area contributed by atoms with Gasteiger partial charge in [0.1, 0.15) is 5.75 Å². The molecule has 0 heterocycles. The highest BCUT2D eigenvalue weighted by Gasteiger charge is 2.10. The van der Waals surface area contributed by atoms with Crippen molar-refractivity contribution in [3.8, 4) is 5.75 Å². The molecule has 0 aliphatic heterocycles. The van der Waals surface area contributed by atoms with Gasteiger partial charge in [0, 0.05) is 24.7 Å². The van der Waals surface area contributed by atoms with Crippen LogP contribution in [0.15, 0.2) is 24.3 Å². The van der Waals surface area contributed by atoms with E-state index in [1.165, 1.54) is 5.56 Å². The zero-order valence-electron chi connectivity index (χ0n) is 13.6. The molecule has 0 aliphatic carbocycles. The summed E-state index contributed by atoms with van der Waals surface area (Å²) < 4.78 is 5.65. The summed E-state index contributed by atoms with van der Waals surface area (Å²) in [4.78, 5) is 0. The minimum Gasteiger partial charge on any atom is -0.494 e. The zero-order valence-corrected chi connectivity index (χ0v) is 13.6. The molecule has 3 heteroatoms. The van der Waals surface area contributed by atoms with Crippen LogP contribution >= 0.6 is 0 Å². The van der Waals surface area contributed by atoms with E-state index in [4.69, 9.17) is 4.74 Å². The fourth-order valence-corrected chi connectivity index (χ4v) is 1.79. The van der Waals surface area contributed by atoms with Crippen molar-refractivity contribution in [1.29, 1.82) is 0 Å². The topological polar surface area (TPSA) is 33.3 Å². The lowest BCUT2D eigenvalue weighted by atomic mass is 10.1. The monoisotopic (exact) mass is 278 g/mol. The third-order valence-electron chi connectivity index (χ3n) is 2.96. The van der Waals surface area contributed by atoms with E-state index in [0.717, 1.165) is 31.9 Å². The van der Waals surface area contributed by atoms with Crippen molar-refractivity contribution in [3.05, 3.63) is 29.8 Å².